The lowest BCUT2D eigenvalue weighted by molar-refractivity contribution is -0.120. The highest BCUT2D eigenvalue weighted by atomic mass is 16.3. The number of piperidine rings is 1. The second-order valence-electron chi connectivity index (χ2n) is 5.09. The van der Waals surface area contributed by atoms with Crippen molar-refractivity contribution < 1.29 is 9.90 Å². The van der Waals surface area contributed by atoms with Crippen LogP contribution in [0.3, 0.4) is 0 Å². The lowest BCUT2D eigenvalue weighted by Crippen LogP contribution is -2.45. The summed E-state index contributed by atoms with van der Waals surface area (Å²) in [5.74, 6) is -0.309. The van der Waals surface area contributed by atoms with Crippen molar-refractivity contribution in [1.82, 2.24) is 4.90 Å². The highest BCUT2D eigenvalue weighted by Gasteiger charge is 2.34. The summed E-state index contributed by atoms with van der Waals surface area (Å²) in [5, 5.41) is 10.7. The van der Waals surface area contributed by atoms with Gasteiger partial charge in [-0.2, -0.15) is 0 Å². The van der Waals surface area contributed by atoms with E-state index in [1.54, 1.807) is 0 Å². The van der Waals surface area contributed by atoms with Crippen LogP contribution in [0, 0.1) is 6.92 Å². The standard InChI is InChI=1S/C14H20N2O2/c1-11-4-2-3-5-12(11)14(18)6-8-16(9-7-14)10-13(15)17/h2-5,18H,6-10H2,1H3,(H2,15,17). The normalized spacial score (nSPS) is 19.7. The molecule has 0 saturated carbocycles. The van der Waals surface area contributed by atoms with Crippen LogP contribution in [0.1, 0.15) is 24.0 Å². The number of nitrogens with two attached hydrogens (primary N) is 1. The minimum Gasteiger partial charge on any atom is -0.385 e. The first-order chi connectivity index (χ1) is 8.51. The first-order valence-corrected chi connectivity index (χ1v) is 6.30. The second-order valence-corrected chi connectivity index (χ2v) is 5.09. The zero-order chi connectivity index (χ0) is 13.2. The summed E-state index contributed by atoms with van der Waals surface area (Å²) >= 11 is 0. The molecular weight excluding hydrogens is 228 g/mol. The third kappa shape index (κ3) is 2.71. The third-order valence-corrected chi connectivity index (χ3v) is 3.71. The Hall–Kier alpha value is -1.39. The van der Waals surface area contributed by atoms with Gasteiger partial charge in [0.15, 0.2) is 0 Å². The fourth-order valence-electron chi connectivity index (χ4n) is 2.67. The smallest absolute Gasteiger partial charge is 0.231 e. The Kier molecular flexibility index (Phi) is 3.68. The highest BCUT2D eigenvalue weighted by Crippen LogP contribution is 2.34. The summed E-state index contributed by atoms with van der Waals surface area (Å²) in [6, 6.07) is 7.93. The predicted octanol–water partition coefficient (Wildman–Crippen LogP) is 0.764. The first-order valence-electron chi connectivity index (χ1n) is 6.30. The molecule has 1 aliphatic heterocycles. The number of carbonyl (C=O) groups excluding carboxylic acids is 1. The van der Waals surface area contributed by atoms with E-state index in [9.17, 15) is 9.90 Å². The van der Waals surface area contributed by atoms with Crippen LogP contribution in [0.5, 0.6) is 0 Å². The molecule has 1 heterocycles. The number of aliphatic hydroxyl groups is 1. The van der Waals surface area contributed by atoms with Gasteiger partial charge >= 0.3 is 0 Å². The number of hydrogen-bond donors (Lipinski definition) is 2. The van der Waals surface area contributed by atoms with Crippen LogP contribution in [0.15, 0.2) is 24.3 Å². The summed E-state index contributed by atoms with van der Waals surface area (Å²) in [4.78, 5) is 12.9. The summed E-state index contributed by atoms with van der Waals surface area (Å²) < 4.78 is 0. The number of amides is 1. The molecule has 98 valence electrons. The van der Waals surface area contributed by atoms with E-state index < -0.39 is 5.60 Å². The van der Waals surface area contributed by atoms with E-state index in [1.807, 2.05) is 36.1 Å². The minimum absolute atomic E-state index is 0.282. The molecule has 1 amide bonds. The molecule has 1 aromatic rings. The van der Waals surface area contributed by atoms with E-state index >= 15 is 0 Å². The Morgan fingerprint density at radius 3 is 2.56 bits per heavy atom. The van der Waals surface area contributed by atoms with Crippen LogP contribution in [-0.2, 0) is 10.4 Å². The van der Waals surface area contributed by atoms with Gasteiger partial charge in [-0.05, 0) is 30.9 Å². The van der Waals surface area contributed by atoms with Crippen molar-refractivity contribution in [2.24, 2.45) is 5.73 Å². The van der Waals surface area contributed by atoms with E-state index in [0.29, 0.717) is 25.9 Å². The molecule has 3 N–H and O–H groups in total. The van der Waals surface area contributed by atoms with Crippen molar-refractivity contribution >= 4 is 5.91 Å². The van der Waals surface area contributed by atoms with Crippen molar-refractivity contribution in [2.75, 3.05) is 19.6 Å². The molecule has 0 bridgehead atoms. The van der Waals surface area contributed by atoms with Gasteiger partial charge in [-0.25, -0.2) is 0 Å². The van der Waals surface area contributed by atoms with Crippen molar-refractivity contribution in [3.05, 3.63) is 35.4 Å². The van der Waals surface area contributed by atoms with Crippen molar-refractivity contribution in [1.29, 1.82) is 0 Å². The number of benzene rings is 1. The largest absolute Gasteiger partial charge is 0.385 e. The van der Waals surface area contributed by atoms with Crippen LogP contribution in [0.25, 0.3) is 0 Å². The zero-order valence-corrected chi connectivity index (χ0v) is 10.7. The van der Waals surface area contributed by atoms with Gasteiger partial charge in [-0.3, -0.25) is 9.69 Å². The van der Waals surface area contributed by atoms with Crippen molar-refractivity contribution in [3.8, 4) is 0 Å². The van der Waals surface area contributed by atoms with Gasteiger partial charge < -0.3 is 10.8 Å². The number of rotatable bonds is 3. The molecule has 2 rings (SSSR count). The molecular formula is C14H20N2O2. The number of hydrogen-bond acceptors (Lipinski definition) is 3. The minimum atomic E-state index is -0.764. The Morgan fingerprint density at radius 1 is 1.39 bits per heavy atom. The average Bonchev–Trinajstić information content (AvgIpc) is 2.32. The van der Waals surface area contributed by atoms with Crippen molar-refractivity contribution in [3.63, 3.8) is 0 Å². The van der Waals surface area contributed by atoms with Gasteiger partial charge in [-0.1, -0.05) is 24.3 Å². The van der Waals surface area contributed by atoms with Gasteiger partial charge in [0.05, 0.1) is 12.1 Å². The molecule has 1 saturated heterocycles. The average molecular weight is 248 g/mol. The van der Waals surface area contributed by atoms with Crippen molar-refractivity contribution in [2.45, 2.75) is 25.4 Å². The van der Waals surface area contributed by atoms with Crippen LogP contribution in [0.2, 0.25) is 0 Å². The van der Waals surface area contributed by atoms with Crippen LogP contribution in [-0.4, -0.2) is 35.5 Å². The number of aryl methyl sites for hydroxylation is 1. The van der Waals surface area contributed by atoms with E-state index in [4.69, 9.17) is 5.73 Å². The molecule has 0 unspecified atom stereocenters. The van der Waals surface area contributed by atoms with Gasteiger partial charge in [-0.15, -0.1) is 0 Å². The molecule has 4 heteroatoms. The number of nitrogens with zero attached hydrogens (tertiary/aromatic N) is 1. The zero-order valence-electron chi connectivity index (χ0n) is 10.7. The van der Waals surface area contributed by atoms with Crippen LogP contribution in [0.4, 0.5) is 0 Å². The summed E-state index contributed by atoms with van der Waals surface area (Å²) in [6.45, 7) is 3.70. The monoisotopic (exact) mass is 248 g/mol. The van der Waals surface area contributed by atoms with Crippen LogP contribution >= 0.6 is 0 Å². The Balaban J connectivity index is 2.08. The Labute approximate surface area is 107 Å². The van der Waals surface area contributed by atoms with E-state index in [1.165, 1.54) is 0 Å². The SMILES string of the molecule is Cc1ccccc1C1(O)CCN(CC(N)=O)CC1. The fraction of sp³-hybridized carbons (Fsp3) is 0.500. The van der Waals surface area contributed by atoms with Gasteiger partial charge in [0, 0.05) is 13.1 Å². The number of likely N-dealkylation sites (tertiary alicyclic amines) is 1. The molecule has 0 spiro atoms. The maximum absolute atomic E-state index is 10.9. The molecule has 0 aromatic heterocycles. The summed E-state index contributed by atoms with van der Waals surface area (Å²) in [5.41, 5.74) is 6.54. The number of carbonyl (C=O) groups is 1. The molecule has 0 radical (unpaired) electrons. The van der Waals surface area contributed by atoms with Gasteiger partial charge in [0.2, 0.25) is 5.91 Å². The summed E-state index contributed by atoms with van der Waals surface area (Å²) in [7, 11) is 0. The highest BCUT2D eigenvalue weighted by molar-refractivity contribution is 5.75. The third-order valence-electron chi connectivity index (χ3n) is 3.71. The van der Waals surface area contributed by atoms with Gasteiger partial charge in [0.25, 0.3) is 0 Å². The molecule has 1 aromatic carbocycles. The Bertz CT molecular complexity index is 437. The quantitative estimate of drug-likeness (QED) is 0.830. The first kappa shape index (κ1) is 13.1. The maximum atomic E-state index is 10.9. The molecule has 1 fully saturated rings. The second kappa shape index (κ2) is 5.08. The van der Waals surface area contributed by atoms with E-state index in [0.717, 1.165) is 11.1 Å². The fourth-order valence-corrected chi connectivity index (χ4v) is 2.67. The molecule has 1 aliphatic rings. The Morgan fingerprint density at radius 2 is 2.00 bits per heavy atom. The number of primary amides is 1. The topological polar surface area (TPSA) is 66.6 Å². The molecule has 4 nitrogen and oxygen atoms in total. The van der Waals surface area contributed by atoms with E-state index in [2.05, 4.69) is 0 Å². The van der Waals surface area contributed by atoms with E-state index in [-0.39, 0.29) is 12.5 Å². The molecule has 0 atom stereocenters. The van der Waals surface area contributed by atoms with Crippen LogP contribution < -0.4 is 5.73 Å². The maximum Gasteiger partial charge on any atom is 0.231 e. The lowest BCUT2D eigenvalue weighted by atomic mass is 9.82. The van der Waals surface area contributed by atoms with Gasteiger partial charge in [0.1, 0.15) is 0 Å². The lowest BCUT2D eigenvalue weighted by Gasteiger charge is -2.38. The molecule has 18 heavy (non-hydrogen) atoms. The molecule has 0 aliphatic carbocycles. The predicted molar refractivity (Wildman–Crippen MR) is 69.9 cm³/mol. The summed E-state index contributed by atoms with van der Waals surface area (Å²) in [6.07, 6.45) is 1.29.